The smallest absolute Gasteiger partial charge is 0.0638 e. The quantitative estimate of drug-likeness (QED) is 0.595. The normalized spacial score (nSPS) is 10.9. The lowest BCUT2D eigenvalue weighted by Crippen LogP contribution is -1.99. The Morgan fingerprint density at radius 1 is 1.10 bits per heavy atom. The molecule has 102 valence electrons. The molecular formula is C15H11BrCl2N2. The maximum atomic E-state index is 6.17. The van der Waals surface area contributed by atoms with Gasteiger partial charge in [0.25, 0.3) is 0 Å². The van der Waals surface area contributed by atoms with E-state index in [1.807, 2.05) is 42.6 Å². The summed E-state index contributed by atoms with van der Waals surface area (Å²) < 4.78 is 0.995. The number of halogens is 3. The Bertz CT molecular complexity index is 768. The standard InChI is InChI=1S/C15H11BrCl2N2/c16-10-1-4-13(18)15(5-10)20-8-9-7-19-14-6-11(17)2-3-12(9)14/h1-7,19-20H,8H2. The first-order valence-electron chi connectivity index (χ1n) is 6.08. The van der Waals surface area contributed by atoms with Crippen molar-refractivity contribution in [1.82, 2.24) is 4.98 Å². The van der Waals surface area contributed by atoms with Gasteiger partial charge >= 0.3 is 0 Å². The van der Waals surface area contributed by atoms with Gasteiger partial charge in [-0.1, -0.05) is 45.2 Å². The predicted octanol–water partition coefficient (Wildman–Crippen LogP) is 5.85. The number of hydrogen-bond donors (Lipinski definition) is 2. The first kappa shape index (κ1) is 13.8. The van der Waals surface area contributed by atoms with Gasteiger partial charge < -0.3 is 10.3 Å². The molecular weight excluding hydrogens is 359 g/mol. The third kappa shape index (κ3) is 2.80. The minimum atomic E-state index is 0.692. The van der Waals surface area contributed by atoms with Crippen molar-refractivity contribution in [3.05, 3.63) is 62.7 Å². The molecule has 0 spiro atoms. The van der Waals surface area contributed by atoms with Crippen LogP contribution in [-0.2, 0) is 6.54 Å². The van der Waals surface area contributed by atoms with Crippen LogP contribution in [0.2, 0.25) is 10.0 Å². The number of rotatable bonds is 3. The topological polar surface area (TPSA) is 27.8 Å². The van der Waals surface area contributed by atoms with E-state index < -0.39 is 0 Å². The van der Waals surface area contributed by atoms with Gasteiger partial charge in [-0.05, 0) is 35.9 Å². The van der Waals surface area contributed by atoms with Gasteiger partial charge in [0.05, 0.1) is 10.7 Å². The molecule has 0 aliphatic rings. The number of benzene rings is 2. The van der Waals surface area contributed by atoms with Crippen molar-refractivity contribution in [1.29, 1.82) is 0 Å². The van der Waals surface area contributed by atoms with Gasteiger partial charge in [0.2, 0.25) is 0 Å². The van der Waals surface area contributed by atoms with Gasteiger partial charge in [0.15, 0.2) is 0 Å². The predicted molar refractivity (Wildman–Crippen MR) is 89.8 cm³/mol. The number of aromatic amines is 1. The Morgan fingerprint density at radius 3 is 2.80 bits per heavy atom. The lowest BCUT2D eigenvalue weighted by molar-refractivity contribution is 1.16. The third-order valence-corrected chi connectivity index (χ3v) is 4.19. The fraction of sp³-hybridized carbons (Fsp3) is 0.0667. The lowest BCUT2D eigenvalue weighted by Gasteiger charge is -2.08. The van der Waals surface area contributed by atoms with Gasteiger partial charge in [-0.3, -0.25) is 0 Å². The van der Waals surface area contributed by atoms with E-state index in [2.05, 4.69) is 26.2 Å². The van der Waals surface area contributed by atoms with Gasteiger partial charge in [0.1, 0.15) is 0 Å². The maximum Gasteiger partial charge on any atom is 0.0638 e. The van der Waals surface area contributed by atoms with Crippen molar-refractivity contribution in [2.45, 2.75) is 6.54 Å². The van der Waals surface area contributed by atoms with E-state index >= 15 is 0 Å². The average molecular weight is 370 g/mol. The first-order chi connectivity index (χ1) is 9.63. The van der Waals surface area contributed by atoms with Crippen molar-refractivity contribution in [2.24, 2.45) is 0 Å². The molecule has 0 fully saturated rings. The summed E-state index contributed by atoms with van der Waals surface area (Å²) in [5.41, 5.74) is 3.12. The molecule has 0 aliphatic carbocycles. The van der Waals surface area contributed by atoms with Crippen LogP contribution >= 0.6 is 39.1 Å². The summed E-state index contributed by atoms with van der Waals surface area (Å²) >= 11 is 15.6. The van der Waals surface area contributed by atoms with Crippen molar-refractivity contribution in [2.75, 3.05) is 5.32 Å². The van der Waals surface area contributed by atoms with Crippen LogP contribution in [0.25, 0.3) is 10.9 Å². The summed E-state index contributed by atoms with van der Waals surface area (Å²) in [5.74, 6) is 0. The van der Waals surface area contributed by atoms with Crippen LogP contribution in [0.3, 0.4) is 0 Å². The van der Waals surface area contributed by atoms with Gasteiger partial charge in [-0.15, -0.1) is 0 Å². The van der Waals surface area contributed by atoms with E-state index in [4.69, 9.17) is 23.2 Å². The highest BCUT2D eigenvalue weighted by Crippen LogP contribution is 2.27. The molecule has 2 N–H and O–H groups in total. The number of H-pyrrole nitrogens is 1. The van der Waals surface area contributed by atoms with E-state index in [9.17, 15) is 0 Å². The molecule has 3 aromatic rings. The fourth-order valence-corrected chi connectivity index (χ4v) is 2.85. The van der Waals surface area contributed by atoms with Crippen LogP contribution in [-0.4, -0.2) is 4.98 Å². The second-order valence-electron chi connectivity index (χ2n) is 4.48. The third-order valence-electron chi connectivity index (χ3n) is 3.13. The molecule has 0 bridgehead atoms. The molecule has 20 heavy (non-hydrogen) atoms. The second-order valence-corrected chi connectivity index (χ2v) is 6.24. The summed E-state index contributed by atoms with van der Waals surface area (Å²) in [6.45, 7) is 0.692. The molecule has 1 aromatic heterocycles. The maximum absolute atomic E-state index is 6.17. The van der Waals surface area contributed by atoms with E-state index in [0.29, 0.717) is 11.6 Å². The molecule has 2 aromatic carbocycles. The summed E-state index contributed by atoms with van der Waals surface area (Å²) in [6, 6.07) is 11.6. The molecule has 3 rings (SSSR count). The zero-order chi connectivity index (χ0) is 14.1. The SMILES string of the molecule is Clc1ccc2c(CNc3cc(Br)ccc3Cl)c[nH]c2c1. The molecule has 0 atom stereocenters. The summed E-state index contributed by atoms with van der Waals surface area (Å²) in [4.78, 5) is 3.22. The van der Waals surface area contributed by atoms with Crippen molar-refractivity contribution >= 4 is 55.7 Å². The largest absolute Gasteiger partial charge is 0.380 e. The monoisotopic (exact) mass is 368 g/mol. The van der Waals surface area contributed by atoms with Crippen molar-refractivity contribution in [3.63, 3.8) is 0 Å². The zero-order valence-corrected chi connectivity index (χ0v) is 13.5. The molecule has 0 saturated heterocycles. The van der Waals surface area contributed by atoms with Crippen LogP contribution < -0.4 is 5.32 Å². The van der Waals surface area contributed by atoms with E-state index in [1.165, 1.54) is 5.56 Å². The van der Waals surface area contributed by atoms with Crippen LogP contribution in [0, 0.1) is 0 Å². The Hall–Kier alpha value is -1.16. The van der Waals surface area contributed by atoms with Crippen LogP contribution in [0.1, 0.15) is 5.56 Å². The molecule has 0 radical (unpaired) electrons. The molecule has 0 unspecified atom stereocenters. The average Bonchev–Trinajstić information content (AvgIpc) is 2.82. The minimum Gasteiger partial charge on any atom is -0.380 e. The molecule has 0 saturated carbocycles. The Balaban J connectivity index is 1.85. The number of fused-ring (bicyclic) bond motifs is 1. The zero-order valence-electron chi connectivity index (χ0n) is 10.4. The number of aromatic nitrogens is 1. The van der Waals surface area contributed by atoms with Crippen molar-refractivity contribution < 1.29 is 0 Å². The molecule has 5 heteroatoms. The summed E-state index contributed by atoms with van der Waals surface area (Å²) in [5, 5.41) is 5.94. The highest BCUT2D eigenvalue weighted by Gasteiger charge is 2.06. The van der Waals surface area contributed by atoms with Gasteiger partial charge in [0, 0.05) is 33.1 Å². The summed E-state index contributed by atoms with van der Waals surface area (Å²) in [7, 11) is 0. The van der Waals surface area contributed by atoms with Gasteiger partial charge in [-0.2, -0.15) is 0 Å². The highest BCUT2D eigenvalue weighted by molar-refractivity contribution is 9.10. The van der Waals surface area contributed by atoms with Crippen LogP contribution in [0.4, 0.5) is 5.69 Å². The molecule has 1 heterocycles. The number of anilines is 1. The molecule has 0 aliphatic heterocycles. The molecule has 0 amide bonds. The minimum absolute atomic E-state index is 0.692. The van der Waals surface area contributed by atoms with Crippen LogP contribution in [0.5, 0.6) is 0 Å². The van der Waals surface area contributed by atoms with E-state index in [0.717, 1.165) is 26.1 Å². The van der Waals surface area contributed by atoms with E-state index in [-0.39, 0.29) is 0 Å². The second kappa shape index (κ2) is 5.68. The number of hydrogen-bond acceptors (Lipinski definition) is 1. The Kier molecular flexibility index (Phi) is 3.92. The first-order valence-corrected chi connectivity index (χ1v) is 7.63. The lowest BCUT2D eigenvalue weighted by atomic mass is 10.1. The highest BCUT2D eigenvalue weighted by atomic mass is 79.9. The molecule has 2 nitrogen and oxygen atoms in total. The fourth-order valence-electron chi connectivity index (χ4n) is 2.13. The van der Waals surface area contributed by atoms with Crippen LogP contribution in [0.15, 0.2) is 47.1 Å². The van der Waals surface area contributed by atoms with Gasteiger partial charge in [-0.25, -0.2) is 0 Å². The van der Waals surface area contributed by atoms with Crippen molar-refractivity contribution in [3.8, 4) is 0 Å². The Labute approximate surface area is 135 Å². The summed E-state index contributed by atoms with van der Waals surface area (Å²) in [6.07, 6.45) is 1.99. The van der Waals surface area contributed by atoms with E-state index in [1.54, 1.807) is 0 Å². The number of nitrogens with one attached hydrogen (secondary N) is 2. The Morgan fingerprint density at radius 2 is 1.95 bits per heavy atom.